The summed E-state index contributed by atoms with van der Waals surface area (Å²) in [6.45, 7) is 3.62. The van der Waals surface area contributed by atoms with Crippen molar-refractivity contribution in [2.75, 3.05) is 5.32 Å². The lowest BCUT2D eigenvalue weighted by atomic mass is 10.2. The standard InChI is InChI=1S/C13H11BrFN3O/c1-7-5-8(2)17-13(16-7)18-12(19)9-3-4-10(14)11(15)6-9/h3-6H,1-2H3,(H,16,17,18,19). The number of benzene rings is 1. The molecule has 0 saturated carbocycles. The van der Waals surface area contributed by atoms with Crippen LogP contribution in [0.4, 0.5) is 10.3 Å². The van der Waals surface area contributed by atoms with Crippen LogP contribution in [0, 0.1) is 19.7 Å². The van der Waals surface area contributed by atoms with E-state index >= 15 is 0 Å². The van der Waals surface area contributed by atoms with Crippen LogP contribution in [0.15, 0.2) is 28.7 Å². The molecule has 4 nitrogen and oxygen atoms in total. The zero-order valence-corrected chi connectivity index (χ0v) is 12.0. The maximum Gasteiger partial charge on any atom is 0.258 e. The van der Waals surface area contributed by atoms with Gasteiger partial charge in [-0.25, -0.2) is 14.4 Å². The van der Waals surface area contributed by atoms with Gasteiger partial charge in [0.1, 0.15) is 5.82 Å². The highest BCUT2D eigenvalue weighted by atomic mass is 79.9. The third kappa shape index (κ3) is 3.35. The van der Waals surface area contributed by atoms with Gasteiger partial charge in [0.05, 0.1) is 4.47 Å². The van der Waals surface area contributed by atoms with E-state index in [-0.39, 0.29) is 11.5 Å². The first-order valence-electron chi connectivity index (χ1n) is 5.54. The van der Waals surface area contributed by atoms with E-state index in [1.54, 1.807) is 6.07 Å². The monoisotopic (exact) mass is 323 g/mol. The van der Waals surface area contributed by atoms with E-state index in [1.807, 2.05) is 13.8 Å². The largest absolute Gasteiger partial charge is 0.290 e. The van der Waals surface area contributed by atoms with Crippen molar-refractivity contribution in [2.24, 2.45) is 0 Å². The molecule has 0 spiro atoms. The molecule has 0 aliphatic carbocycles. The third-order valence-corrected chi connectivity index (χ3v) is 3.03. The zero-order valence-electron chi connectivity index (χ0n) is 10.4. The molecule has 98 valence electrons. The lowest BCUT2D eigenvalue weighted by Gasteiger charge is -2.06. The van der Waals surface area contributed by atoms with E-state index in [1.165, 1.54) is 12.1 Å². The molecule has 0 saturated heterocycles. The predicted octanol–water partition coefficient (Wildman–Crippen LogP) is 3.25. The number of carbonyl (C=O) groups is 1. The number of aromatic nitrogens is 2. The molecule has 0 aliphatic rings. The maximum atomic E-state index is 13.3. The maximum absolute atomic E-state index is 13.3. The summed E-state index contributed by atoms with van der Waals surface area (Å²) in [4.78, 5) is 20.1. The first-order valence-corrected chi connectivity index (χ1v) is 6.33. The van der Waals surface area contributed by atoms with Crippen LogP contribution in [-0.2, 0) is 0 Å². The number of nitrogens with zero attached hydrogens (tertiary/aromatic N) is 2. The fourth-order valence-corrected chi connectivity index (χ4v) is 1.84. The summed E-state index contributed by atoms with van der Waals surface area (Å²) in [6, 6.07) is 5.95. The summed E-state index contributed by atoms with van der Waals surface area (Å²) in [5.74, 6) is -0.726. The average molecular weight is 324 g/mol. The molecule has 0 unspecified atom stereocenters. The Morgan fingerprint density at radius 2 is 1.84 bits per heavy atom. The lowest BCUT2D eigenvalue weighted by molar-refractivity contribution is 0.102. The van der Waals surface area contributed by atoms with E-state index < -0.39 is 11.7 Å². The van der Waals surface area contributed by atoms with Gasteiger partial charge >= 0.3 is 0 Å². The zero-order chi connectivity index (χ0) is 14.0. The van der Waals surface area contributed by atoms with Crippen LogP contribution in [0.5, 0.6) is 0 Å². The van der Waals surface area contributed by atoms with E-state index in [0.717, 1.165) is 17.5 Å². The number of hydrogen-bond donors (Lipinski definition) is 1. The fourth-order valence-electron chi connectivity index (χ4n) is 1.59. The van der Waals surface area contributed by atoms with Crippen molar-refractivity contribution < 1.29 is 9.18 Å². The normalized spacial score (nSPS) is 10.3. The summed E-state index contributed by atoms with van der Waals surface area (Å²) in [7, 11) is 0. The minimum Gasteiger partial charge on any atom is -0.290 e. The number of carbonyl (C=O) groups excluding carboxylic acids is 1. The summed E-state index contributed by atoms with van der Waals surface area (Å²) < 4.78 is 13.7. The van der Waals surface area contributed by atoms with Gasteiger partial charge in [0.15, 0.2) is 0 Å². The number of nitrogens with one attached hydrogen (secondary N) is 1. The molecule has 0 bridgehead atoms. The lowest BCUT2D eigenvalue weighted by Crippen LogP contribution is -2.15. The van der Waals surface area contributed by atoms with Gasteiger partial charge in [-0.1, -0.05) is 0 Å². The van der Waals surface area contributed by atoms with Gasteiger partial charge in [-0.3, -0.25) is 10.1 Å². The minimum atomic E-state index is -0.492. The molecule has 2 aromatic rings. The molecule has 1 N–H and O–H groups in total. The minimum absolute atomic E-state index is 0.212. The molecule has 19 heavy (non-hydrogen) atoms. The number of rotatable bonds is 2. The topological polar surface area (TPSA) is 54.9 Å². The van der Waals surface area contributed by atoms with Gasteiger partial charge in [-0.2, -0.15) is 0 Å². The molecule has 0 radical (unpaired) electrons. The van der Waals surface area contributed by atoms with Crippen molar-refractivity contribution in [3.05, 3.63) is 51.5 Å². The van der Waals surface area contributed by atoms with Gasteiger partial charge in [0.25, 0.3) is 5.91 Å². The van der Waals surface area contributed by atoms with Crippen molar-refractivity contribution in [1.82, 2.24) is 9.97 Å². The second-order valence-corrected chi connectivity index (χ2v) is 4.91. The number of anilines is 1. The Labute approximate surface area is 118 Å². The van der Waals surface area contributed by atoms with Gasteiger partial charge in [-0.05, 0) is 54.0 Å². The van der Waals surface area contributed by atoms with Crippen molar-refractivity contribution >= 4 is 27.8 Å². The molecule has 1 aromatic heterocycles. The molecule has 6 heteroatoms. The Bertz CT molecular complexity index is 626. The van der Waals surface area contributed by atoms with E-state index in [9.17, 15) is 9.18 Å². The van der Waals surface area contributed by atoms with Crippen molar-refractivity contribution in [2.45, 2.75) is 13.8 Å². The van der Waals surface area contributed by atoms with Crippen LogP contribution in [0.2, 0.25) is 0 Å². The number of halogens is 2. The Hall–Kier alpha value is -1.82. The predicted molar refractivity (Wildman–Crippen MR) is 73.6 cm³/mol. The summed E-state index contributed by atoms with van der Waals surface area (Å²) in [5.41, 5.74) is 1.72. The second-order valence-electron chi connectivity index (χ2n) is 4.06. The molecule has 0 atom stereocenters. The van der Waals surface area contributed by atoms with Gasteiger partial charge in [-0.15, -0.1) is 0 Å². The van der Waals surface area contributed by atoms with Gasteiger partial charge < -0.3 is 0 Å². The molecular weight excluding hydrogens is 313 g/mol. The van der Waals surface area contributed by atoms with Crippen LogP contribution < -0.4 is 5.32 Å². The Balaban J connectivity index is 2.22. The molecule has 0 aliphatic heterocycles. The van der Waals surface area contributed by atoms with Crippen molar-refractivity contribution in [1.29, 1.82) is 0 Å². The summed E-state index contributed by atoms with van der Waals surface area (Å²) in [5, 5.41) is 2.54. The Kier molecular flexibility index (Phi) is 3.90. The first-order chi connectivity index (χ1) is 8.95. The molecule has 2 rings (SSSR count). The Morgan fingerprint density at radius 3 is 2.42 bits per heavy atom. The molecule has 1 aromatic carbocycles. The average Bonchev–Trinajstić information content (AvgIpc) is 2.31. The van der Waals surface area contributed by atoms with Gasteiger partial charge in [0, 0.05) is 17.0 Å². The van der Waals surface area contributed by atoms with E-state index in [2.05, 4.69) is 31.2 Å². The molecule has 1 heterocycles. The summed E-state index contributed by atoms with van der Waals surface area (Å²) >= 11 is 3.03. The van der Waals surface area contributed by atoms with Gasteiger partial charge in [0.2, 0.25) is 5.95 Å². The quantitative estimate of drug-likeness (QED) is 0.923. The highest BCUT2D eigenvalue weighted by Gasteiger charge is 2.10. The van der Waals surface area contributed by atoms with Crippen molar-refractivity contribution in [3.8, 4) is 0 Å². The van der Waals surface area contributed by atoms with E-state index in [0.29, 0.717) is 4.47 Å². The fraction of sp³-hybridized carbons (Fsp3) is 0.154. The number of aryl methyl sites for hydroxylation is 2. The highest BCUT2D eigenvalue weighted by Crippen LogP contribution is 2.17. The summed E-state index contributed by atoms with van der Waals surface area (Å²) in [6.07, 6.45) is 0. The van der Waals surface area contributed by atoms with Crippen LogP contribution in [-0.4, -0.2) is 15.9 Å². The second kappa shape index (κ2) is 5.44. The van der Waals surface area contributed by atoms with Crippen LogP contribution in [0.3, 0.4) is 0 Å². The SMILES string of the molecule is Cc1cc(C)nc(NC(=O)c2ccc(Br)c(F)c2)n1. The smallest absolute Gasteiger partial charge is 0.258 e. The molecule has 0 fully saturated rings. The molecule has 1 amide bonds. The number of amides is 1. The van der Waals surface area contributed by atoms with E-state index in [4.69, 9.17) is 0 Å². The molecular formula is C13H11BrFN3O. The first kappa shape index (κ1) is 13.6. The van der Waals surface area contributed by atoms with Crippen molar-refractivity contribution in [3.63, 3.8) is 0 Å². The number of hydrogen-bond acceptors (Lipinski definition) is 3. The highest BCUT2D eigenvalue weighted by molar-refractivity contribution is 9.10. The van der Waals surface area contributed by atoms with Crippen LogP contribution >= 0.6 is 15.9 Å². The Morgan fingerprint density at radius 1 is 1.21 bits per heavy atom. The van der Waals surface area contributed by atoms with Crippen LogP contribution in [0.25, 0.3) is 0 Å². The van der Waals surface area contributed by atoms with Crippen LogP contribution in [0.1, 0.15) is 21.7 Å². The third-order valence-electron chi connectivity index (χ3n) is 2.39.